The van der Waals surface area contributed by atoms with Gasteiger partial charge in [-0.25, -0.2) is 4.39 Å². The van der Waals surface area contributed by atoms with Crippen LogP contribution >= 0.6 is 22.6 Å². The van der Waals surface area contributed by atoms with Crippen LogP contribution in [-0.4, -0.2) is 17.0 Å². The number of carbonyl (C=O) groups is 2. The molecule has 1 aromatic rings. The Labute approximate surface area is 118 Å². The Balaban J connectivity index is 2.78. The first kappa shape index (κ1) is 14.9. The van der Waals surface area contributed by atoms with Crippen LogP contribution in [0.1, 0.15) is 13.8 Å². The lowest BCUT2D eigenvalue weighted by molar-refractivity contribution is -0.145. The number of anilines is 1. The second-order valence-electron chi connectivity index (χ2n) is 4.03. The molecule has 0 radical (unpaired) electrons. The van der Waals surface area contributed by atoms with Crippen molar-refractivity contribution in [3.8, 4) is 0 Å². The van der Waals surface area contributed by atoms with E-state index < -0.39 is 23.7 Å². The van der Waals surface area contributed by atoms with Crippen LogP contribution in [-0.2, 0) is 9.59 Å². The van der Waals surface area contributed by atoms with E-state index in [0.717, 1.165) is 0 Å². The molecule has 1 aromatic carbocycles. The van der Waals surface area contributed by atoms with Gasteiger partial charge >= 0.3 is 5.97 Å². The smallest absolute Gasteiger partial charge is 0.307 e. The predicted octanol–water partition coefficient (Wildman–Crippen LogP) is 2.73. The number of hydrogen-bond acceptors (Lipinski definition) is 2. The van der Waals surface area contributed by atoms with Crippen molar-refractivity contribution in [3.63, 3.8) is 0 Å². The molecule has 0 saturated carbocycles. The molecule has 2 unspecified atom stereocenters. The van der Waals surface area contributed by atoms with E-state index >= 15 is 0 Å². The van der Waals surface area contributed by atoms with Gasteiger partial charge in [0.15, 0.2) is 0 Å². The molecule has 0 fully saturated rings. The van der Waals surface area contributed by atoms with E-state index in [-0.39, 0.29) is 5.82 Å². The first-order chi connectivity index (χ1) is 8.32. The number of hydrogen-bond donors (Lipinski definition) is 2. The molecule has 1 amide bonds. The first-order valence-electron chi connectivity index (χ1n) is 5.31. The highest BCUT2D eigenvalue weighted by molar-refractivity contribution is 14.1. The number of halogens is 2. The van der Waals surface area contributed by atoms with Crippen molar-refractivity contribution in [2.45, 2.75) is 13.8 Å². The van der Waals surface area contributed by atoms with Gasteiger partial charge in [-0.3, -0.25) is 9.59 Å². The zero-order valence-corrected chi connectivity index (χ0v) is 12.1. The molecule has 98 valence electrons. The molecule has 6 heteroatoms. The van der Waals surface area contributed by atoms with Crippen LogP contribution in [0.3, 0.4) is 0 Å². The van der Waals surface area contributed by atoms with E-state index in [1.54, 1.807) is 6.92 Å². The summed E-state index contributed by atoms with van der Waals surface area (Å²) in [5, 5.41) is 11.4. The van der Waals surface area contributed by atoms with E-state index in [1.165, 1.54) is 25.1 Å². The lowest BCUT2D eigenvalue weighted by Crippen LogP contribution is -2.30. The van der Waals surface area contributed by atoms with Gasteiger partial charge in [0.1, 0.15) is 5.82 Å². The minimum absolute atomic E-state index is 0.385. The second kappa shape index (κ2) is 6.12. The zero-order valence-electron chi connectivity index (χ0n) is 9.91. The summed E-state index contributed by atoms with van der Waals surface area (Å²) in [5.41, 5.74) is 0.478. The van der Waals surface area contributed by atoms with Gasteiger partial charge in [-0.15, -0.1) is 0 Å². The minimum atomic E-state index is -1.02. The molecule has 0 aliphatic rings. The molecular formula is C12H13FINO3. The summed E-state index contributed by atoms with van der Waals surface area (Å²) in [5.74, 6) is -3.24. The number of carbonyl (C=O) groups excluding carboxylic acids is 1. The Morgan fingerprint density at radius 3 is 2.44 bits per heavy atom. The summed E-state index contributed by atoms with van der Waals surface area (Å²) in [4.78, 5) is 22.6. The third kappa shape index (κ3) is 3.66. The molecule has 0 heterocycles. The normalized spacial score (nSPS) is 13.8. The minimum Gasteiger partial charge on any atom is -0.481 e. The van der Waals surface area contributed by atoms with Crippen LogP contribution in [0.4, 0.5) is 10.1 Å². The van der Waals surface area contributed by atoms with Crippen LogP contribution in [0.15, 0.2) is 18.2 Å². The monoisotopic (exact) mass is 365 g/mol. The fraction of sp³-hybridized carbons (Fsp3) is 0.333. The average molecular weight is 365 g/mol. The summed E-state index contributed by atoms with van der Waals surface area (Å²) in [6.07, 6.45) is 0. The summed E-state index contributed by atoms with van der Waals surface area (Å²) < 4.78 is 13.4. The highest BCUT2D eigenvalue weighted by Crippen LogP contribution is 2.21. The third-order valence-electron chi connectivity index (χ3n) is 2.74. The van der Waals surface area contributed by atoms with Gasteiger partial charge in [-0.2, -0.15) is 0 Å². The highest BCUT2D eigenvalue weighted by Gasteiger charge is 2.26. The number of nitrogens with one attached hydrogen (secondary N) is 1. The number of rotatable bonds is 4. The number of carboxylic acids is 1. The number of aliphatic carboxylic acids is 1. The fourth-order valence-corrected chi connectivity index (χ4v) is 1.89. The number of carboxylic acid groups (broad SMARTS) is 1. The van der Waals surface area contributed by atoms with Gasteiger partial charge in [0.2, 0.25) is 5.91 Å². The molecule has 1 rings (SSSR count). The SMILES string of the molecule is CC(C(=O)O)C(C)C(=O)Nc1ccc(F)cc1I. The van der Waals surface area contributed by atoms with Gasteiger partial charge in [-0.05, 0) is 40.8 Å². The van der Waals surface area contributed by atoms with Crippen LogP contribution in [0.25, 0.3) is 0 Å². The second-order valence-corrected chi connectivity index (χ2v) is 5.19. The largest absolute Gasteiger partial charge is 0.481 e. The lowest BCUT2D eigenvalue weighted by Gasteiger charge is -2.16. The molecule has 18 heavy (non-hydrogen) atoms. The molecule has 0 aromatic heterocycles. The van der Waals surface area contributed by atoms with E-state index in [2.05, 4.69) is 5.32 Å². The van der Waals surface area contributed by atoms with Gasteiger partial charge in [0.05, 0.1) is 11.6 Å². The van der Waals surface area contributed by atoms with Crippen LogP contribution in [0, 0.1) is 21.2 Å². The third-order valence-corrected chi connectivity index (χ3v) is 3.63. The maximum atomic E-state index is 12.9. The summed E-state index contributed by atoms with van der Waals surface area (Å²) >= 11 is 1.90. The van der Waals surface area contributed by atoms with Crippen molar-refractivity contribution in [3.05, 3.63) is 27.6 Å². The molecule has 0 bridgehead atoms. The number of amides is 1. The summed E-state index contributed by atoms with van der Waals surface area (Å²) in [6, 6.07) is 3.98. The fourth-order valence-electron chi connectivity index (χ4n) is 1.28. The van der Waals surface area contributed by atoms with Crippen molar-refractivity contribution in [1.29, 1.82) is 0 Å². The van der Waals surface area contributed by atoms with E-state index in [9.17, 15) is 14.0 Å². The molecule has 0 spiro atoms. The molecular weight excluding hydrogens is 352 g/mol. The number of benzene rings is 1. The van der Waals surface area contributed by atoms with E-state index in [0.29, 0.717) is 9.26 Å². The maximum absolute atomic E-state index is 12.9. The molecule has 2 N–H and O–H groups in total. The van der Waals surface area contributed by atoms with Crippen LogP contribution in [0.5, 0.6) is 0 Å². The zero-order chi connectivity index (χ0) is 13.9. The Bertz CT molecular complexity index is 478. The van der Waals surface area contributed by atoms with E-state index in [4.69, 9.17) is 5.11 Å². The van der Waals surface area contributed by atoms with Gasteiger partial charge < -0.3 is 10.4 Å². The first-order valence-corrected chi connectivity index (χ1v) is 6.39. The molecule has 2 atom stereocenters. The Morgan fingerprint density at radius 1 is 1.33 bits per heavy atom. The predicted molar refractivity (Wildman–Crippen MR) is 73.7 cm³/mol. The summed E-state index contributed by atoms with van der Waals surface area (Å²) in [7, 11) is 0. The van der Waals surface area contributed by atoms with Gasteiger partial charge in [0, 0.05) is 9.49 Å². The Morgan fingerprint density at radius 2 is 1.94 bits per heavy atom. The lowest BCUT2D eigenvalue weighted by atomic mass is 9.95. The van der Waals surface area contributed by atoms with Crippen molar-refractivity contribution in [2.75, 3.05) is 5.32 Å². The van der Waals surface area contributed by atoms with Crippen molar-refractivity contribution in [2.24, 2.45) is 11.8 Å². The Hall–Kier alpha value is -1.18. The summed E-state index contributed by atoms with van der Waals surface area (Å²) in [6.45, 7) is 3.02. The van der Waals surface area contributed by atoms with Crippen LogP contribution < -0.4 is 5.32 Å². The Kier molecular flexibility index (Phi) is 5.06. The quantitative estimate of drug-likeness (QED) is 0.807. The maximum Gasteiger partial charge on any atom is 0.307 e. The van der Waals surface area contributed by atoms with Crippen LogP contribution in [0.2, 0.25) is 0 Å². The molecule has 0 saturated heterocycles. The van der Waals surface area contributed by atoms with Gasteiger partial charge in [-0.1, -0.05) is 13.8 Å². The van der Waals surface area contributed by atoms with Crippen molar-refractivity contribution in [1.82, 2.24) is 0 Å². The van der Waals surface area contributed by atoms with Gasteiger partial charge in [0.25, 0.3) is 0 Å². The van der Waals surface area contributed by atoms with E-state index in [1.807, 2.05) is 22.6 Å². The average Bonchev–Trinajstić information content (AvgIpc) is 2.30. The molecule has 0 aliphatic carbocycles. The molecule has 4 nitrogen and oxygen atoms in total. The molecule has 0 aliphatic heterocycles. The van der Waals surface area contributed by atoms with Crippen molar-refractivity contribution >= 4 is 40.2 Å². The standard InChI is InChI=1S/C12H13FINO3/c1-6(7(2)12(17)18)11(16)15-10-4-3-8(13)5-9(10)14/h3-7H,1-2H3,(H,15,16)(H,17,18). The van der Waals surface area contributed by atoms with Crippen molar-refractivity contribution < 1.29 is 19.1 Å². The highest BCUT2D eigenvalue weighted by atomic mass is 127. The topological polar surface area (TPSA) is 66.4 Å².